The van der Waals surface area contributed by atoms with Crippen molar-refractivity contribution in [2.75, 3.05) is 20.1 Å². The molecule has 1 unspecified atom stereocenters. The highest BCUT2D eigenvalue weighted by molar-refractivity contribution is 4.43. The molecule has 0 aromatic carbocycles. The number of hydrogen-bond acceptors (Lipinski definition) is 0. The average molecular weight is 278 g/mol. The minimum Gasteiger partial charge on any atom is -1.00 e. The van der Waals surface area contributed by atoms with E-state index in [1.165, 1.54) is 83.7 Å². The van der Waals surface area contributed by atoms with Gasteiger partial charge in [-0.15, -0.1) is 0 Å². The molecule has 0 bridgehead atoms. The molecule has 2 heteroatoms. The number of halogens is 1. The van der Waals surface area contributed by atoms with Gasteiger partial charge in [0.2, 0.25) is 0 Å². The van der Waals surface area contributed by atoms with Crippen LogP contribution in [0.15, 0.2) is 0 Å². The molecule has 0 aliphatic carbocycles. The van der Waals surface area contributed by atoms with Crippen LogP contribution in [0, 0.1) is 0 Å². The molecule has 0 amide bonds. The molecular weight excluding hydrogens is 242 g/mol. The summed E-state index contributed by atoms with van der Waals surface area (Å²) in [4.78, 5) is 1.75. The fourth-order valence-corrected chi connectivity index (χ4v) is 2.36. The van der Waals surface area contributed by atoms with Gasteiger partial charge in [0.25, 0.3) is 0 Å². The molecular formula is C16H36ClN. The molecule has 18 heavy (non-hydrogen) atoms. The minimum absolute atomic E-state index is 0. The SMILES string of the molecule is CCCCCCCC[NH+](C)CCCCCCC.[Cl-]. The lowest BCUT2D eigenvalue weighted by atomic mass is 10.1. The van der Waals surface area contributed by atoms with E-state index in [0.29, 0.717) is 0 Å². The second kappa shape index (κ2) is 17.2. The molecule has 0 spiro atoms. The van der Waals surface area contributed by atoms with Crippen LogP contribution in [-0.2, 0) is 0 Å². The number of hydrogen-bond donors (Lipinski definition) is 1. The second-order valence-corrected chi connectivity index (χ2v) is 5.64. The van der Waals surface area contributed by atoms with Crippen LogP contribution in [0.1, 0.15) is 84.5 Å². The van der Waals surface area contributed by atoms with E-state index in [1.54, 1.807) is 4.90 Å². The molecule has 0 radical (unpaired) electrons. The van der Waals surface area contributed by atoms with Crippen LogP contribution in [0.5, 0.6) is 0 Å². The lowest BCUT2D eigenvalue weighted by molar-refractivity contribution is -0.880. The Hall–Kier alpha value is 0.250. The first-order chi connectivity index (χ1) is 8.31. The lowest BCUT2D eigenvalue weighted by Gasteiger charge is -2.13. The molecule has 0 saturated carbocycles. The number of rotatable bonds is 13. The van der Waals surface area contributed by atoms with Gasteiger partial charge in [0.1, 0.15) is 0 Å². The lowest BCUT2D eigenvalue weighted by Crippen LogP contribution is -3.09. The normalized spacial score (nSPS) is 12.2. The molecule has 0 aliphatic heterocycles. The average Bonchev–Trinajstić information content (AvgIpc) is 2.33. The number of quaternary nitrogens is 1. The topological polar surface area (TPSA) is 4.44 Å². The van der Waals surface area contributed by atoms with E-state index in [4.69, 9.17) is 0 Å². The van der Waals surface area contributed by atoms with Crippen LogP contribution >= 0.6 is 0 Å². The summed E-state index contributed by atoms with van der Waals surface area (Å²) in [6.45, 7) is 7.35. The van der Waals surface area contributed by atoms with Gasteiger partial charge >= 0.3 is 0 Å². The van der Waals surface area contributed by atoms with Gasteiger partial charge in [-0.05, 0) is 25.7 Å². The highest BCUT2D eigenvalue weighted by Gasteiger charge is 2.01. The van der Waals surface area contributed by atoms with Gasteiger partial charge in [0, 0.05) is 0 Å². The highest BCUT2D eigenvalue weighted by atomic mass is 35.5. The van der Waals surface area contributed by atoms with Crippen LogP contribution < -0.4 is 17.3 Å². The van der Waals surface area contributed by atoms with Crippen molar-refractivity contribution >= 4 is 0 Å². The Bertz CT molecular complexity index is 139. The summed E-state index contributed by atoms with van der Waals surface area (Å²) in [7, 11) is 2.37. The molecule has 112 valence electrons. The molecule has 0 saturated heterocycles. The number of unbranched alkanes of at least 4 members (excludes halogenated alkanes) is 9. The Morgan fingerprint density at radius 1 is 0.556 bits per heavy atom. The molecule has 0 aliphatic rings. The van der Waals surface area contributed by atoms with E-state index in [9.17, 15) is 0 Å². The van der Waals surface area contributed by atoms with Gasteiger partial charge in [0.05, 0.1) is 20.1 Å². The summed E-state index contributed by atoms with van der Waals surface area (Å²) in [5.74, 6) is 0. The van der Waals surface area contributed by atoms with Gasteiger partial charge < -0.3 is 17.3 Å². The van der Waals surface area contributed by atoms with Crippen LogP contribution in [-0.4, -0.2) is 20.1 Å². The third kappa shape index (κ3) is 16.2. The quantitative estimate of drug-likeness (QED) is 0.476. The first-order valence-corrected chi connectivity index (χ1v) is 8.12. The largest absolute Gasteiger partial charge is 1.00 e. The molecule has 0 heterocycles. The summed E-state index contributed by atoms with van der Waals surface area (Å²) < 4.78 is 0. The maximum atomic E-state index is 2.37. The third-order valence-corrected chi connectivity index (χ3v) is 3.66. The predicted octanol–water partition coefficient (Wildman–Crippen LogP) is 0.836. The van der Waals surface area contributed by atoms with Gasteiger partial charge in [-0.3, -0.25) is 0 Å². The van der Waals surface area contributed by atoms with Gasteiger partial charge in [-0.2, -0.15) is 0 Å². The van der Waals surface area contributed by atoms with Crippen molar-refractivity contribution in [1.29, 1.82) is 0 Å². The Balaban J connectivity index is 0. The minimum atomic E-state index is 0. The molecule has 0 aromatic rings. The highest BCUT2D eigenvalue weighted by Crippen LogP contribution is 2.03. The maximum Gasteiger partial charge on any atom is 0.0768 e. The van der Waals surface area contributed by atoms with Gasteiger partial charge in [-0.25, -0.2) is 0 Å². The van der Waals surface area contributed by atoms with Crippen molar-refractivity contribution in [3.05, 3.63) is 0 Å². The fraction of sp³-hybridized carbons (Fsp3) is 1.00. The molecule has 1 nitrogen and oxygen atoms in total. The van der Waals surface area contributed by atoms with E-state index >= 15 is 0 Å². The Kier molecular flexibility index (Phi) is 19.7. The van der Waals surface area contributed by atoms with E-state index in [2.05, 4.69) is 20.9 Å². The zero-order chi connectivity index (χ0) is 12.8. The number of nitrogens with one attached hydrogen (secondary N) is 1. The summed E-state index contributed by atoms with van der Waals surface area (Å²) >= 11 is 0. The Labute approximate surface area is 122 Å². The third-order valence-electron chi connectivity index (χ3n) is 3.66. The van der Waals surface area contributed by atoms with Crippen LogP contribution in [0.2, 0.25) is 0 Å². The van der Waals surface area contributed by atoms with Gasteiger partial charge in [-0.1, -0.05) is 58.8 Å². The first-order valence-electron chi connectivity index (χ1n) is 8.12. The van der Waals surface area contributed by atoms with Crippen LogP contribution in [0.25, 0.3) is 0 Å². The summed E-state index contributed by atoms with van der Waals surface area (Å²) in [6.07, 6.45) is 15.7. The Morgan fingerprint density at radius 2 is 0.889 bits per heavy atom. The summed E-state index contributed by atoms with van der Waals surface area (Å²) in [5.41, 5.74) is 0. The van der Waals surface area contributed by atoms with Crippen molar-refractivity contribution in [2.24, 2.45) is 0 Å². The molecule has 0 fully saturated rings. The van der Waals surface area contributed by atoms with E-state index in [-0.39, 0.29) is 12.4 Å². The van der Waals surface area contributed by atoms with Crippen molar-refractivity contribution in [3.63, 3.8) is 0 Å². The van der Waals surface area contributed by atoms with E-state index in [0.717, 1.165) is 0 Å². The smallest absolute Gasteiger partial charge is 0.0768 e. The zero-order valence-electron chi connectivity index (χ0n) is 13.1. The predicted molar refractivity (Wildman–Crippen MR) is 78.8 cm³/mol. The van der Waals surface area contributed by atoms with Crippen molar-refractivity contribution in [1.82, 2.24) is 0 Å². The van der Waals surface area contributed by atoms with E-state index in [1.807, 2.05) is 0 Å². The summed E-state index contributed by atoms with van der Waals surface area (Å²) in [5, 5.41) is 0. The monoisotopic (exact) mass is 277 g/mol. The molecule has 1 N–H and O–H groups in total. The standard InChI is InChI=1S/C16H35N.ClH/c1-4-6-8-10-12-14-16-17(3)15-13-11-9-7-5-2;/h4-16H2,1-3H3;1H. The van der Waals surface area contributed by atoms with Crippen molar-refractivity contribution in [3.8, 4) is 0 Å². The van der Waals surface area contributed by atoms with E-state index < -0.39 is 0 Å². The fourth-order valence-electron chi connectivity index (χ4n) is 2.36. The second-order valence-electron chi connectivity index (χ2n) is 5.64. The van der Waals surface area contributed by atoms with Crippen molar-refractivity contribution < 1.29 is 17.3 Å². The first kappa shape index (κ1) is 20.6. The molecule has 1 atom stereocenters. The zero-order valence-corrected chi connectivity index (χ0v) is 13.8. The van der Waals surface area contributed by atoms with Crippen molar-refractivity contribution in [2.45, 2.75) is 84.5 Å². The summed E-state index contributed by atoms with van der Waals surface area (Å²) in [6, 6.07) is 0. The molecule has 0 rings (SSSR count). The van der Waals surface area contributed by atoms with Gasteiger partial charge in [0.15, 0.2) is 0 Å². The molecule has 0 aromatic heterocycles. The van der Waals surface area contributed by atoms with Crippen LogP contribution in [0.4, 0.5) is 0 Å². The van der Waals surface area contributed by atoms with Crippen LogP contribution in [0.3, 0.4) is 0 Å². The Morgan fingerprint density at radius 3 is 1.28 bits per heavy atom. The maximum absolute atomic E-state index is 2.37.